The largest absolute Gasteiger partial charge is 0.479 e. The molecule has 2 amide bonds. The van der Waals surface area contributed by atoms with Gasteiger partial charge in [-0.25, -0.2) is 9.59 Å². The predicted molar refractivity (Wildman–Crippen MR) is 64.3 cm³/mol. The number of carbonyl (C=O) groups is 2. The van der Waals surface area contributed by atoms with Crippen molar-refractivity contribution in [3.63, 3.8) is 0 Å². The number of pyridine rings is 1. The summed E-state index contributed by atoms with van der Waals surface area (Å²) in [6.45, 7) is 2.43. The van der Waals surface area contributed by atoms with Crippen LogP contribution in [-0.4, -0.2) is 39.3 Å². The van der Waals surface area contributed by atoms with Crippen molar-refractivity contribution < 1.29 is 19.8 Å². The monoisotopic (exact) mass is 253 g/mol. The molecular formula is C11H15N3O4. The van der Waals surface area contributed by atoms with Gasteiger partial charge < -0.3 is 20.8 Å². The summed E-state index contributed by atoms with van der Waals surface area (Å²) in [7, 11) is 0. The molecule has 0 aliphatic heterocycles. The van der Waals surface area contributed by atoms with Crippen LogP contribution in [-0.2, 0) is 4.79 Å². The number of amides is 2. The van der Waals surface area contributed by atoms with Crippen molar-refractivity contribution >= 4 is 17.7 Å². The van der Waals surface area contributed by atoms with Crippen LogP contribution in [0.15, 0.2) is 18.3 Å². The minimum Gasteiger partial charge on any atom is -0.479 e. The standard InChI is InChI=1S/C11H15N3O4/c1-7-8(4-3-5-12-7)14-10(17)13-6-11(2,18)9(15)16/h3-5,18H,6H2,1-2H3,(H,15,16)(H2,13,14,17). The van der Waals surface area contributed by atoms with Crippen LogP contribution in [0.3, 0.4) is 0 Å². The fourth-order valence-corrected chi connectivity index (χ4v) is 1.11. The molecule has 4 N–H and O–H groups in total. The highest BCUT2D eigenvalue weighted by molar-refractivity contribution is 5.90. The van der Waals surface area contributed by atoms with Gasteiger partial charge in [0.15, 0.2) is 5.60 Å². The third-order valence-electron chi connectivity index (χ3n) is 2.31. The van der Waals surface area contributed by atoms with Gasteiger partial charge in [-0.05, 0) is 26.0 Å². The average Bonchev–Trinajstić information content (AvgIpc) is 2.29. The molecule has 0 radical (unpaired) electrons. The first-order valence-corrected chi connectivity index (χ1v) is 5.25. The number of hydrogen-bond donors (Lipinski definition) is 4. The molecule has 7 nitrogen and oxygen atoms in total. The molecule has 0 saturated heterocycles. The number of aromatic nitrogens is 1. The summed E-state index contributed by atoms with van der Waals surface area (Å²) in [6.07, 6.45) is 1.59. The molecule has 0 saturated carbocycles. The van der Waals surface area contributed by atoms with E-state index in [1.807, 2.05) is 0 Å². The zero-order valence-corrected chi connectivity index (χ0v) is 10.1. The summed E-state index contributed by atoms with van der Waals surface area (Å²) >= 11 is 0. The molecule has 1 rings (SSSR count). The lowest BCUT2D eigenvalue weighted by atomic mass is 10.1. The number of carboxylic acids is 1. The molecule has 0 spiro atoms. The Kier molecular flexibility index (Phi) is 4.22. The lowest BCUT2D eigenvalue weighted by Crippen LogP contribution is -2.47. The lowest BCUT2D eigenvalue weighted by Gasteiger charge is -2.18. The Morgan fingerprint density at radius 2 is 2.17 bits per heavy atom. The molecule has 1 atom stereocenters. The lowest BCUT2D eigenvalue weighted by molar-refractivity contribution is -0.155. The molecule has 18 heavy (non-hydrogen) atoms. The van der Waals surface area contributed by atoms with Gasteiger partial charge >= 0.3 is 12.0 Å². The first-order chi connectivity index (χ1) is 8.33. The number of nitrogens with one attached hydrogen (secondary N) is 2. The Bertz CT molecular complexity index is 459. The van der Waals surface area contributed by atoms with E-state index in [1.165, 1.54) is 0 Å². The Balaban J connectivity index is 2.54. The Labute approximate surface area is 104 Å². The van der Waals surface area contributed by atoms with Crippen LogP contribution in [0.1, 0.15) is 12.6 Å². The zero-order valence-electron chi connectivity index (χ0n) is 10.1. The van der Waals surface area contributed by atoms with Crippen LogP contribution in [0.2, 0.25) is 0 Å². The van der Waals surface area contributed by atoms with Gasteiger partial charge in [0.2, 0.25) is 0 Å². The normalized spacial score (nSPS) is 13.5. The third-order valence-corrected chi connectivity index (χ3v) is 2.31. The Morgan fingerprint density at radius 3 is 2.72 bits per heavy atom. The quantitative estimate of drug-likeness (QED) is 0.618. The number of hydrogen-bond acceptors (Lipinski definition) is 4. The van der Waals surface area contributed by atoms with E-state index in [9.17, 15) is 14.7 Å². The van der Waals surface area contributed by atoms with Crippen molar-refractivity contribution in [1.29, 1.82) is 0 Å². The van der Waals surface area contributed by atoms with Gasteiger partial charge in [0, 0.05) is 6.20 Å². The van der Waals surface area contributed by atoms with Crippen molar-refractivity contribution in [2.24, 2.45) is 0 Å². The van der Waals surface area contributed by atoms with Gasteiger partial charge in [-0.15, -0.1) is 0 Å². The third kappa shape index (κ3) is 3.70. The van der Waals surface area contributed by atoms with Crippen molar-refractivity contribution in [2.45, 2.75) is 19.4 Å². The van der Waals surface area contributed by atoms with Crippen LogP contribution in [0.25, 0.3) is 0 Å². The van der Waals surface area contributed by atoms with Crippen molar-refractivity contribution in [3.8, 4) is 0 Å². The molecule has 1 aromatic heterocycles. The molecule has 1 aromatic rings. The summed E-state index contributed by atoms with van der Waals surface area (Å²) in [5, 5.41) is 22.8. The molecule has 0 bridgehead atoms. The van der Waals surface area contributed by atoms with Gasteiger partial charge in [-0.1, -0.05) is 0 Å². The van der Waals surface area contributed by atoms with E-state index < -0.39 is 24.1 Å². The number of aryl methyl sites for hydroxylation is 1. The number of carbonyl (C=O) groups excluding carboxylic acids is 1. The van der Waals surface area contributed by atoms with E-state index in [2.05, 4.69) is 15.6 Å². The van der Waals surface area contributed by atoms with Gasteiger partial charge in [-0.3, -0.25) is 4.98 Å². The summed E-state index contributed by atoms with van der Waals surface area (Å²) in [5.74, 6) is -1.40. The molecule has 0 fully saturated rings. The number of aliphatic hydroxyl groups is 1. The molecule has 0 aliphatic rings. The smallest absolute Gasteiger partial charge is 0.337 e. The summed E-state index contributed by atoms with van der Waals surface area (Å²) < 4.78 is 0. The number of nitrogens with zero attached hydrogens (tertiary/aromatic N) is 1. The predicted octanol–water partition coefficient (Wildman–Crippen LogP) is 0.347. The van der Waals surface area contributed by atoms with Gasteiger partial charge in [0.05, 0.1) is 17.9 Å². The molecule has 1 unspecified atom stereocenters. The topological polar surface area (TPSA) is 112 Å². The number of anilines is 1. The summed E-state index contributed by atoms with van der Waals surface area (Å²) in [4.78, 5) is 26.1. The molecule has 0 aromatic carbocycles. The van der Waals surface area contributed by atoms with Crippen LogP contribution in [0, 0.1) is 6.92 Å². The van der Waals surface area contributed by atoms with E-state index in [4.69, 9.17) is 5.11 Å². The van der Waals surface area contributed by atoms with E-state index >= 15 is 0 Å². The SMILES string of the molecule is Cc1ncccc1NC(=O)NCC(C)(O)C(=O)O. The number of rotatable bonds is 4. The summed E-state index contributed by atoms with van der Waals surface area (Å²) in [5.41, 5.74) is -0.843. The molecule has 98 valence electrons. The maximum atomic E-state index is 11.5. The van der Waals surface area contributed by atoms with Crippen LogP contribution in [0.5, 0.6) is 0 Å². The number of urea groups is 1. The number of carboxylic acid groups (broad SMARTS) is 1. The molecule has 0 aliphatic carbocycles. The average molecular weight is 253 g/mol. The highest BCUT2D eigenvalue weighted by Crippen LogP contribution is 2.09. The van der Waals surface area contributed by atoms with Crippen LogP contribution < -0.4 is 10.6 Å². The Morgan fingerprint density at radius 1 is 1.50 bits per heavy atom. The van der Waals surface area contributed by atoms with Crippen LogP contribution in [0.4, 0.5) is 10.5 Å². The maximum absolute atomic E-state index is 11.5. The molecule has 7 heteroatoms. The number of aliphatic carboxylic acids is 1. The van der Waals surface area contributed by atoms with Gasteiger partial charge in [0.25, 0.3) is 0 Å². The van der Waals surface area contributed by atoms with Crippen molar-refractivity contribution in [1.82, 2.24) is 10.3 Å². The molecule has 1 heterocycles. The minimum absolute atomic E-state index is 0.395. The first-order valence-electron chi connectivity index (χ1n) is 5.25. The second-order valence-electron chi connectivity index (χ2n) is 4.02. The first kappa shape index (κ1) is 13.9. The summed E-state index contributed by atoms with van der Waals surface area (Å²) in [6, 6.07) is 2.72. The zero-order chi connectivity index (χ0) is 13.8. The van der Waals surface area contributed by atoms with E-state index in [1.54, 1.807) is 25.3 Å². The van der Waals surface area contributed by atoms with E-state index in [-0.39, 0.29) is 0 Å². The Hall–Kier alpha value is -2.15. The minimum atomic E-state index is -2.00. The van der Waals surface area contributed by atoms with Gasteiger partial charge in [-0.2, -0.15) is 0 Å². The highest BCUT2D eigenvalue weighted by Gasteiger charge is 2.30. The fourth-order valence-electron chi connectivity index (χ4n) is 1.11. The van der Waals surface area contributed by atoms with Gasteiger partial charge in [0.1, 0.15) is 0 Å². The van der Waals surface area contributed by atoms with Crippen LogP contribution >= 0.6 is 0 Å². The van der Waals surface area contributed by atoms with Crippen molar-refractivity contribution in [3.05, 3.63) is 24.0 Å². The van der Waals surface area contributed by atoms with E-state index in [0.29, 0.717) is 11.4 Å². The second-order valence-corrected chi connectivity index (χ2v) is 4.02. The highest BCUT2D eigenvalue weighted by atomic mass is 16.4. The maximum Gasteiger partial charge on any atom is 0.337 e. The fraction of sp³-hybridized carbons (Fsp3) is 0.364. The molecular weight excluding hydrogens is 238 g/mol. The second kappa shape index (κ2) is 5.46. The van der Waals surface area contributed by atoms with E-state index in [0.717, 1.165) is 6.92 Å². The van der Waals surface area contributed by atoms with Crippen molar-refractivity contribution in [2.75, 3.05) is 11.9 Å².